The van der Waals surface area contributed by atoms with Gasteiger partial charge in [-0.2, -0.15) is 149 Å². The molecule has 0 fully saturated rings. The number of rotatable bonds is 20. The zero-order valence-corrected chi connectivity index (χ0v) is 32.7. The van der Waals surface area contributed by atoms with Crippen LogP contribution < -0.4 is 0 Å². The quantitative estimate of drug-likeness (QED) is 0.0916. The molecule has 0 aliphatic heterocycles. The summed E-state index contributed by atoms with van der Waals surface area (Å²) in [5.41, 5.74) is -0.585. The number of benzene rings is 2. The predicted octanol–water partition coefficient (Wildman–Crippen LogP) is 15.8. The summed E-state index contributed by atoms with van der Waals surface area (Å²) in [6, 6.07) is 7.60. The van der Waals surface area contributed by atoms with Gasteiger partial charge in [-0.15, -0.1) is 0 Å². The lowest BCUT2D eigenvalue weighted by Gasteiger charge is -2.42. The van der Waals surface area contributed by atoms with Crippen molar-refractivity contribution < 1.29 is 149 Å². The molecule has 0 aromatic heterocycles. The summed E-state index contributed by atoms with van der Waals surface area (Å²) < 4.78 is 458. The molecule has 0 amide bonds. The van der Waals surface area contributed by atoms with Crippen molar-refractivity contribution in [3.8, 4) is 11.8 Å². The van der Waals surface area contributed by atoms with Gasteiger partial charge < -0.3 is 0 Å². The molecule has 2 aromatic rings. The summed E-state index contributed by atoms with van der Waals surface area (Å²) >= 11 is 0. The molecular weight excluding hydrogens is 1080 g/mol. The molecule has 0 saturated heterocycles. The molecule has 70 heavy (non-hydrogen) atoms. The molecule has 402 valence electrons. The van der Waals surface area contributed by atoms with E-state index in [0.717, 1.165) is 48.5 Å². The van der Waals surface area contributed by atoms with Crippen molar-refractivity contribution in [3.63, 3.8) is 0 Å². The molecule has 0 spiro atoms. The first kappa shape index (κ1) is 61.7. The van der Waals surface area contributed by atoms with Crippen LogP contribution in [-0.2, 0) is 12.8 Å². The van der Waals surface area contributed by atoms with Crippen molar-refractivity contribution in [2.45, 2.75) is 134 Å². The summed E-state index contributed by atoms with van der Waals surface area (Å²) in [5.74, 6) is -110. The molecule has 2 aromatic carbocycles. The fourth-order valence-corrected chi connectivity index (χ4v) is 5.39. The van der Waals surface area contributed by atoms with E-state index in [4.69, 9.17) is 0 Å². The van der Waals surface area contributed by atoms with Gasteiger partial charge in [0.1, 0.15) is 0 Å². The van der Waals surface area contributed by atoms with E-state index in [9.17, 15) is 149 Å². The molecule has 0 heterocycles. The third-order valence-electron chi connectivity index (χ3n) is 9.75. The van der Waals surface area contributed by atoms with Gasteiger partial charge in [0.05, 0.1) is 0 Å². The SMILES string of the molecule is FC(F)(F)C(F)(F)C(F)(F)C(F)(F)C(F)(F)C(F)(F)C(F)(F)C(F)(F)CCCc1ccc(C#Cc2ccc(CCCC(F)(F)C(F)(F)C(F)(F)C(F)(F)C(F)(F)C(F)(F)C(F)(F)C(F)(F)F)cc2)cc1. The Balaban J connectivity index is 2.14. The average Bonchev–Trinajstić information content (AvgIpc) is 3.19. The maximum Gasteiger partial charge on any atom is 0.460 e. The van der Waals surface area contributed by atoms with Gasteiger partial charge in [0.25, 0.3) is 0 Å². The molecule has 0 unspecified atom stereocenters. The molecule has 0 saturated carbocycles. The molecule has 0 atom stereocenters. The molecule has 0 nitrogen and oxygen atoms in total. The average molecular weight is 1100 g/mol. The number of halogens is 34. The Hall–Kier alpha value is -4.38. The van der Waals surface area contributed by atoms with Crippen LogP contribution in [0.15, 0.2) is 48.5 Å². The van der Waals surface area contributed by atoms with Crippen LogP contribution in [0.1, 0.15) is 47.9 Å². The Labute approximate surface area is 366 Å². The summed E-state index contributed by atoms with van der Waals surface area (Å²) in [6.07, 6.45) is -26.0. The maximum atomic E-state index is 14.2. The van der Waals surface area contributed by atoms with Crippen LogP contribution in [0.4, 0.5) is 149 Å². The molecule has 0 N–H and O–H groups in total. The number of alkyl halides is 34. The molecule has 0 aliphatic rings. The first-order chi connectivity index (χ1) is 30.6. The van der Waals surface area contributed by atoms with Gasteiger partial charge in [-0.25, -0.2) is 0 Å². The molecule has 0 aliphatic carbocycles. The van der Waals surface area contributed by atoms with Gasteiger partial charge in [0.15, 0.2) is 0 Å². The summed E-state index contributed by atoms with van der Waals surface area (Å²) in [5, 5.41) is 0. The van der Waals surface area contributed by atoms with Crippen molar-refractivity contribution in [2.75, 3.05) is 0 Å². The van der Waals surface area contributed by atoms with Crippen LogP contribution in [-0.4, -0.2) is 95.3 Å². The van der Waals surface area contributed by atoms with E-state index in [2.05, 4.69) is 11.8 Å². The summed E-state index contributed by atoms with van der Waals surface area (Å²) in [6.45, 7) is 0. The standard InChI is InChI=1S/C36H20F34/c37-21(38,23(41,42)25(45,46)27(49,50)29(53,54)31(57,58)33(61,62)35(65,66)67)15-1-3-17-5-9-19(10-6-17)13-14-20-11-7-18(8-12-20)4-2-16-22(39,40)24(43,44)26(47,48)28(51,52)30(55,56)32(59,60)34(63,64)36(68,69)70/h5-12H,1-4,15-16H2. The highest BCUT2D eigenvalue weighted by Crippen LogP contribution is 2.66. The predicted molar refractivity (Wildman–Crippen MR) is 166 cm³/mol. The minimum atomic E-state index is -8.78. The van der Waals surface area contributed by atoms with Crippen LogP contribution in [0, 0.1) is 11.8 Å². The van der Waals surface area contributed by atoms with E-state index < -0.39 is 134 Å². The van der Waals surface area contributed by atoms with Gasteiger partial charge in [0.2, 0.25) is 0 Å². The third-order valence-corrected chi connectivity index (χ3v) is 9.75. The second-order valence-corrected chi connectivity index (χ2v) is 14.6. The first-order valence-corrected chi connectivity index (χ1v) is 17.7. The van der Waals surface area contributed by atoms with E-state index in [1.165, 1.54) is 0 Å². The Kier molecular flexibility index (Phi) is 16.1. The fourth-order valence-electron chi connectivity index (χ4n) is 5.39. The van der Waals surface area contributed by atoms with E-state index in [0.29, 0.717) is 0 Å². The first-order valence-electron chi connectivity index (χ1n) is 17.7. The largest absolute Gasteiger partial charge is 0.460 e. The monoisotopic (exact) mass is 1100 g/mol. The second-order valence-electron chi connectivity index (χ2n) is 14.6. The Morgan fingerprint density at radius 2 is 0.429 bits per heavy atom. The van der Waals surface area contributed by atoms with Crippen molar-refractivity contribution in [1.82, 2.24) is 0 Å². The molecule has 0 radical (unpaired) electrons. The third kappa shape index (κ3) is 9.67. The number of hydrogen-bond acceptors (Lipinski definition) is 0. The highest BCUT2D eigenvalue weighted by atomic mass is 19.4. The fraction of sp³-hybridized carbons (Fsp3) is 0.611. The maximum absolute atomic E-state index is 14.2. The Bertz CT molecular complexity index is 2010. The summed E-state index contributed by atoms with van der Waals surface area (Å²) in [4.78, 5) is 0. The van der Waals surface area contributed by atoms with Gasteiger partial charge >= 0.3 is 95.3 Å². The van der Waals surface area contributed by atoms with Gasteiger partial charge in [-0.1, -0.05) is 36.1 Å². The molecular formula is C36H20F34. The van der Waals surface area contributed by atoms with E-state index in [1.54, 1.807) is 0 Å². The molecule has 2 rings (SSSR count). The van der Waals surface area contributed by atoms with Crippen molar-refractivity contribution >= 4 is 0 Å². The van der Waals surface area contributed by atoms with E-state index >= 15 is 0 Å². The van der Waals surface area contributed by atoms with Crippen LogP contribution in [0.5, 0.6) is 0 Å². The van der Waals surface area contributed by atoms with E-state index in [-0.39, 0.29) is 22.3 Å². The van der Waals surface area contributed by atoms with Crippen LogP contribution >= 0.6 is 0 Å². The lowest BCUT2D eigenvalue weighted by molar-refractivity contribution is -0.461. The minimum Gasteiger partial charge on any atom is -0.200 e. The summed E-state index contributed by atoms with van der Waals surface area (Å²) in [7, 11) is 0. The van der Waals surface area contributed by atoms with Gasteiger partial charge in [-0.05, 0) is 61.1 Å². The topological polar surface area (TPSA) is 0 Å². The number of hydrogen-bond donors (Lipinski definition) is 0. The lowest BCUT2D eigenvalue weighted by atomic mass is 9.87. The number of aryl methyl sites for hydroxylation is 2. The smallest absolute Gasteiger partial charge is 0.200 e. The minimum absolute atomic E-state index is 0.0681. The highest BCUT2D eigenvalue weighted by molar-refractivity contribution is 5.44. The zero-order valence-electron chi connectivity index (χ0n) is 32.7. The van der Waals surface area contributed by atoms with Crippen LogP contribution in [0.2, 0.25) is 0 Å². The highest BCUT2D eigenvalue weighted by Gasteiger charge is 2.96. The van der Waals surface area contributed by atoms with Crippen molar-refractivity contribution in [3.05, 3.63) is 70.8 Å². The lowest BCUT2D eigenvalue weighted by Crippen LogP contribution is -2.74. The van der Waals surface area contributed by atoms with Crippen LogP contribution in [0.25, 0.3) is 0 Å². The normalized spacial score (nSPS) is 15.5. The van der Waals surface area contributed by atoms with Crippen LogP contribution in [0.3, 0.4) is 0 Å². The Morgan fingerprint density at radius 1 is 0.243 bits per heavy atom. The molecule has 0 bridgehead atoms. The van der Waals surface area contributed by atoms with Crippen molar-refractivity contribution in [1.29, 1.82) is 0 Å². The Morgan fingerprint density at radius 3 is 0.629 bits per heavy atom. The zero-order chi connectivity index (χ0) is 55.6. The van der Waals surface area contributed by atoms with Gasteiger partial charge in [0, 0.05) is 24.0 Å². The molecule has 34 heteroatoms. The van der Waals surface area contributed by atoms with E-state index in [1.807, 2.05) is 0 Å². The van der Waals surface area contributed by atoms with Crippen molar-refractivity contribution in [2.24, 2.45) is 0 Å². The van der Waals surface area contributed by atoms with Gasteiger partial charge in [-0.3, -0.25) is 0 Å². The second kappa shape index (κ2) is 18.3.